The molecule has 3 aliphatic rings. The first-order valence-electron chi connectivity index (χ1n) is 17.0. The Labute approximate surface area is 292 Å². The Morgan fingerprint density at radius 3 is 2.30 bits per heavy atom. The van der Waals surface area contributed by atoms with Crippen LogP contribution in [0.4, 0.5) is 0 Å². The van der Waals surface area contributed by atoms with E-state index in [9.17, 15) is 19.2 Å². The van der Waals surface area contributed by atoms with E-state index >= 15 is 0 Å². The Hall–Kier alpha value is -4.95. The van der Waals surface area contributed by atoms with Gasteiger partial charge in [-0.25, -0.2) is 4.98 Å². The number of hydrogen-bond acceptors (Lipinski definition) is 9. The molecule has 1 spiro atoms. The van der Waals surface area contributed by atoms with Crippen LogP contribution in [0, 0.1) is 0 Å². The lowest BCUT2D eigenvalue weighted by Gasteiger charge is -2.41. The van der Waals surface area contributed by atoms with E-state index in [1.165, 1.54) is 0 Å². The van der Waals surface area contributed by atoms with Gasteiger partial charge in [-0.3, -0.25) is 24.1 Å². The maximum absolute atomic E-state index is 14.1. The van der Waals surface area contributed by atoms with Gasteiger partial charge in [0.25, 0.3) is 5.91 Å². The molecule has 0 aliphatic carbocycles. The third kappa shape index (κ3) is 9.60. The zero-order valence-electron chi connectivity index (χ0n) is 28.9. The van der Waals surface area contributed by atoms with Gasteiger partial charge in [0.2, 0.25) is 17.7 Å². The summed E-state index contributed by atoms with van der Waals surface area (Å²) >= 11 is 0. The molecule has 1 aromatic heterocycles. The Morgan fingerprint density at radius 2 is 1.58 bits per heavy atom. The van der Waals surface area contributed by atoms with Gasteiger partial charge < -0.3 is 40.0 Å². The van der Waals surface area contributed by atoms with Crippen molar-refractivity contribution in [2.75, 3.05) is 40.0 Å². The van der Waals surface area contributed by atoms with E-state index in [1.807, 2.05) is 36.5 Å². The van der Waals surface area contributed by atoms with E-state index in [1.54, 1.807) is 51.6 Å². The lowest BCUT2D eigenvalue weighted by atomic mass is 9.89. The van der Waals surface area contributed by atoms with E-state index in [-0.39, 0.29) is 19.6 Å². The minimum atomic E-state index is -1.26. The number of hydrogen-bond donors (Lipinski definition) is 4. The number of ether oxygens (including phenoxy) is 3. The number of carbonyl (C=O) groups is 4. The molecule has 3 aromatic rings. The molecular formula is C36H47N7O7. The van der Waals surface area contributed by atoms with Gasteiger partial charge in [0.05, 0.1) is 25.2 Å². The first kappa shape index (κ1) is 36.3. The molecule has 0 radical (unpaired) electrons. The van der Waals surface area contributed by atoms with Crippen LogP contribution in [0.5, 0.6) is 11.5 Å². The minimum Gasteiger partial charge on any atom is -0.492 e. The highest BCUT2D eigenvalue weighted by Crippen LogP contribution is 2.31. The number of methoxy groups -OCH3 is 1. The van der Waals surface area contributed by atoms with Gasteiger partial charge >= 0.3 is 0 Å². The summed E-state index contributed by atoms with van der Waals surface area (Å²) in [6, 6.07) is 13.3. The Kier molecular flexibility index (Phi) is 12.4. The van der Waals surface area contributed by atoms with E-state index in [0.29, 0.717) is 57.1 Å². The molecule has 268 valence electrons. The SMILES string of the molecule is COCCn1cncc1CN1CCC2(CC1)Oc1ccc(cc1)OCCNC(=O)[C@H](C)NC(=O)[C@H](Cc1ccccc1)NC(=O)[C@H](C)NC2=O. The molecule has 6 rings (SSSR count). The molecule has 3 atom stereocenters. The first-order valence-corrected chi connectivity index (χ1v) is 17.0. The lowest BCUT2D eigenvalue weighted by Crippen LogP contribution is -2.61. The zero-order valence-corrected chi connectivity index (χ0v) is 28.9. The van der Waals surface area contributed by atoms with Crippen LogP contribution < -0.4 is 30.7 Å². The van der Waals surface area contributed by atoms with E-state index in [0.717, 1.165) is 11.3 Å². The summed E-state index contributed by atoms with van der Waals surface area (Å²) < 4.78 is 19.6. The van der Waals surface area contributed by atoms with Crippen LogP contribution in [0.3, 0.4) is 0 Å². The Bertz CT molecular complexity index is 1590. The predicted octanol–water partition coefficient (Wildman–Crippen LogP) is 1.19. The summed E-state index contributed by atoms with van der Waals surface area (Å²) in [5.41, 5.74) is 0.605. The third-order valence-corrected chi connectivity index (χ3v) is 9.01. The van der Waals surface area contributed by atoms with Crippen LogP contribution in [0.2, 0.25) is 0 Å². The molecular weight excluding hydrogens is 642 g/mol. The second-order valence-corrected chi connectivity index (χ2v) is 12.7. The largest absolute Gasteiger partial charge is 0.492 e. The summed E-state index contributed by atoms with van der Waals surface area (Å²) in [7, 11) is 1.66. The number of amides is 4. The highest BCUT2D eigenvalue weighted by molar-refractivity contribution is 5.95. The average Bonchev–Trinajstić information content (AvgIpc) is 3.56. The van der Waals surface area contributed by atoms with E-state index in [4.69, 9.17) is 14.2 Å². The molecule has 1 saturated heterocycles. The molecule has 14 heteroatoms. The molecule has 50 heavy (non-hydrogen) atoms. The molecule has 4 heterocycles. The third-order valence-electron chi connectivity index (χ3n) is 9.01. The Morgan fingerprint density at radius 1 is 0.880 bits per heavy atom. The molecule has 2 aromatic carbocycles. The number of carbonyl (C=O) groups excluding carboxylic acids is 4. The maximum Gasteiger partial charge on any atom is 0.264 e. The quantitative estimate of drug-likeness (QED) is 0.267. The monoisotopic (exact) mass is 689 g/mol. The van der Waals surface area contributed by atoms with Crippen molar-refractivity contribution in [2.45, 2.75) is 69.9 Å². The van der Waals surface area contributed by atoms with Gasteiger partial charge in [-0.2, -0.15) is 0 Å². The van der Waals surface area contributed by atoms with Gasteiger partial charge in [-0.05, 0) is 43.7 Å². The van der Waals surface area contributed by atoms with Gasteiger partial charge in [0.1, 0.15) is 36.2 Å². The van der Waals surface area contributed by atoms with Crippen LogP contribution in [-0.4, -0.2) is 102 Å². The summed E-state index contributed by atoms with van der Waals surface area (Å²) in [5.74, 6) is -0.835. The van der Waals surface area contributed by atoms with Crippen LogP contribution in [0.1, 0.15) is 37.9 Å². The standard InChI is InChI=1S/C36H47N7O7/c1-25-32(44)38-15-19-49-29-9-11-30(12-10-29)50-36(13-16-42(17-14-36)23-28-22-37-24-43(28)18-20-48-3)35(47)40-26(2)33(45)41-31(34(46)39-25)21-27-7-5-4-6-8-27/h4-12,22,24-26,31H,13-21,23H2,1-3H3,(H,38,44)(H,39,46)(H,40,47)(H,41,45)/t25-,26-,31-/m0/s1. The van der Waals surface area contributed by atoms with Crippen molar-refractivity contribution in [1.29, 1.82) is 0 Å². The molecule has 0 saturated carbocycles. The second kappa shape index (κ2) is 17.1. The molecule has 4 amide bonds. The van der Waals surface area contributed by atoms with Crippen LogP contribution in [-0.2, 0) is 43.4 Å². The van der Waals surface area contributed by atoms with Crippen molar-refractivity contribution in [2.24, 2.45) is 0 Å². The summed E-state index contributed by atoms with van der Waals surface area (Å²) in [5, 5.41) is 11.1. The normalized spacial score (nSPS) is 22.4. The number of nitrogens with one attached hydrogen (secondary N) is 4. The fourth-order valence-electron chi connectivity index (χ4n) is 6.00. The van der Waals surface area contributed by atoms with Crippen molar-refractivity contribution >= 4 is 23.6 Å². The number of aromatic nitrogens is 2. The number of imidazole rings is 1. The van der Waals surface area contributed by atoms with E-state index < -0.39 is 47.4 Å². The number of likely N-dealkylation sites (tertiary alicyclic amines) is 1. The van der Waals surface area contributed by atoms with Crippen LogP contribution in [0.25, 0.3) is 0 Å². The van der Waals surface area contributed by atoms with Crippen LogP contribution in [0.15, 0.2) is 67.1 Å². The summed E-state index contributed by atoms with van der Waals surface area (Å²) in [6.45, 7) is 6.60. The molecule has 1 fully saturated rings. The van der Waals surface area contributed by atoms with Gasteiger partial charge in [0, 0.05) is 58.7 Å². The molecule has 2 bridgehead atoms. The lowest BCUT2D eigenvalue weighted by molar-refractivity contribution is -0.144. The minimum absolute atomic E-state index is 0.185. The fourth-order valence-corrected chi connectivity index (χ4v) is 6.00. The van der Waals surface area contributed by atoms with Crippen molar-refractivity contribution in [3.8, 4) is 11.5 Å². The number of fused-ring (bicyclic) bond motifs is 15. The molecule has 4 N–H and O–H groups in total. The highest BCUT2D eigenvalue weighted by Gasteiger charge is 2.45. The first-order chi connectivity index (χ1) is 24.2. The van der Waals surface area contributed by atoms with Crippen molar-refractivity contribution < 1.29 is 33.4 Å². The van der Waals surface area contributed by atoms with Crippen molar-refractivity contribution in [3.05, 3.63) is 78.4 Å². The number of rotatable bonds is 7. The van der Waals surface area contributed by atoms with E-state index in [2.05, 4.69) is 35.7 Å². The van der Waals surface area contributed by atoms with Gasteiger partial charge in [-0.1, -0.05) is 30.3 Å². The molecule has 3 aliphatic heterocycles. The van der Waals surface area contributed by atoms with Crippen molar-refractivity contribution in [1.82, 2.24) is 35.7 Å². The fraction of sp³-hybridized carbons (Fsp3) is 0.472. The predicted molar refractivity (Wildman–Crippen MR) is 184 cm³/mol. The number of piperidine rings is 1. The van der Waals surface area contributed by atoms with Gasteiger partial charge in [-0.15, -0.1) is 0 Å². The topological polar surface area (TPSA) is 165 Å². The van der Waals surface area contributed by atoms with Crippen molar-refractivity contribution in [3.63, 3.8) is 0 Å². The molecule has 0 unspecified atom stereocenters. The summed E-state index contributed by atoms with van der Waals surface area (Å²) in [4.78, 5) is 60.4. The Balaban J connectivity index is 1.35. The maximum atomic E-state index is 14.1. The summed E-state index contributed by atoms with van der Waals surface area (Å²) in [6.07, 6.45) is 4.55. The highest BCUT2D eigenvalue weighted by atomic mass is 16.5. The zero-order chi connectivity index (χ0) is 35.5. The number of nitrogens with zero attached hydrogens (tertiary/aromatic N) is 3. The smallest absolute Gasteiger partial charge is 0.264 e. The second-order valence-electron chi connectivity index (χ2n) is 12.7. The number of benzene rings is 2. The van der Waals surface area contributed by atoms with Crippen LogP contribution >= 0.6 is 0 Å². The average molecular weight is 690 g/mol. The molecule has 14 nitrogen and oxygen atoms in total. The van der Waals surface area contributed by atoms with Gasteiger partial charge in [0.15, 0.2) is 5.60 Å².